The van der Waals surface area contributed by atoms with Crippen molar-refractivity contribution in [3.8, 4) is 0 Å². The molecule has 0 radical (unpaired) electrons. The summed E-state index contributed by atoms with van der Waals surface area (Å²) in [5.41, 5.74) is -0.351. The van der Waals surface area contributed by atoms with Crippen LogP contribution in [0.5, 0.6) is 0 Å². The van der Waals surface area contributed by atoms with Crippen molar-refractivity contribution in [3.63, 3.8) is 0 Å². The first-order valence-electron chi connectivity index (χ1n) is 4.61. The summed E-state index contributed by atoms with van der Waals surface area (Å²) in [5.74, 6) is 0.435. The third-order valence-electron chi connectivity index (χ3n) is 3.17. The molecule has 1 saturated heterocycles. The molecule has 2 aliphatic rings. The molecule has 1 heterocycles. The molecule has 0 aromatic heterocycles. The van der Waals surface area contributed by atoms with Gasteiger partial charge >= 0.3 is 0 Å². The Morgan fingerprint density at radius 2 is 2.18 bits per heavy atom. The Labute approximate surface area is 67.6 Å². The van der Waals surface area contributed by atoms with Crippen LogP contribution in [0.15, 0.2) is 0 Å². The Hall–Kier alpha value is -0.0800. The van der Waals surface area contributed by atoms with Crippen LogP contribution in [0.3, 0.4) is 0 Å². The van der Waals surface area contributed by atoms with Crippen molar-refractivity contribution in [1.29, 1.82) is 0 Å². The minimum absolute atomic E-state index is 0.351. The van der Waals surface area contributed by atoms with Gasteiger partial charge in [0.1, 0.15) is 0 Å². The van der Waals surface area contributed by atoms with Crippen molar-refractivity contribution in [2.75, 3.05) is 13.2 Å². The molecule has 2 heteroatoms. The largest absolute Gasteiger partial charge is 0.389 e. The van der Waals surface area contributed by atoms with Gasteiger partial charge in [-0.05, 0) is 19.3 Å². The van der Waals surface area contributed by atoms with E-state index in [2.05, 4.69) is 0 Å². The molecule has 0 aromatic rings. The van der Waals surface area contributed by atoms with E-state index in [9.17, 15) is 5.11 Å². The lowest BCUT2D eigenvalue weighted by atomic mass is 9.73. The van der Waals surface area contributed by atoms with E-state index in [4.69, 9.17) is 4.74 Å². The average molecular weight is 156 g/mol. The summed E-state index contributed by atoms with van der Waals surface area (Å²) in [6.07, 6.45) is 5.50. The summed E-state index contributed by atoms with van der Waals surface area (Å²) in [4.78, 5) is 0. The molecule has 2 fully saturated rings. The summed E-state index contributed by atoms with van der Waals surface area (Å²) in [6.45, 7) is 1.55. The molecule has 0 aromatic carbocycles. The highest BCUT2D eigenvalue weighted by Gasteiger charge is 2.40. The van der Waals surface area contributed by atoms with Crippen molar-refractivity contribution in [2.45, 2.75) is 37.7 Å². The molecule has 1 N–H and O–H groups in total. The third-order valence-corrected chi connectivity index (χ3v) is 3.17. The quantitative estimate of drug-likeness (QED) is 0.573. The van der Waals surface area contributed by atoms with Crippen molar-refractivity contribution in [1.82, 2.24) is 0 Å². The Morgan fingerprint density at radius 1 is 1.27 bits per heavy atom. The fourth-order valence-corrected chi connectivity index (χ4v) is 2.34. The van der Waals surface area contributed by atoms with E-state index in [1.807, 2.05) is 0 Å². The van der Waals surface area contributed by atoms with Gasteiger partial charge in [0.2, 0.25) is 0 Å². The topological polar surface area (TPSA) is 29.5 Å². The second-order valence-corrected chi connectivity index (χ2v) is 3.87. The molecule has 2 rings (SSSR count). The van der Waals surface area contributed by atoms with Crippen molar-refractivity contribution in [2.24, 2.45) is 5.92 Å². The Bertz CT molecular complexity index is 132. The predicted octanol–water partition coefficient (Wildman–Crippen LogP) is 1.33. The summed E-state index contributed by atoms with van der Waals surface area (Å²) < 4.78 is 5.34. The summed E-state index contributed by atoms with van der Waals surface area (Å²) in [6, 6.07) is 0. The molecule has 1 unspecified atom stereocenters. The van der Waals surface area contributed by atoms with Crippen molar-refractivity contribution < 1.29 is 9.84 Å². The standard InChI is InChI=1S/C9H16O2/c10-9-4-2-1-3-8(9)7-11-6-5-9/h8,10H,1-7H2/t8?,9-/m0/s1. The maximum atomic E-state index is 10.1. The molecule has 2 nitrogen and oxygen atoms in total. The second kappa shape index (κ2) is 2.76. The molecule has 0 amide bonds. The van der Waals surface area contributed by atoms with Crippen LogP contribution in [0, 0.1) is 5.92 Å². The van der Waals surface area contributed by atoms with Crippen LogP contribution in [0.4, 0.5) is 0 Å². The van der Waals surface area contributed by atoms with Crippen molar-refractivity contribution >= 4 is 0 Å². The van der Waals surface area contributed by atoms with Gasteiger partial charge in [0, 0.05) is 12.5 Å². The van der Waals surface area contributed by atoms with Crippen LogP contribution in [-0.2, 0) is 4.74 Å². The lowest BCUT2D eigenvalue weighted by Gasteiger charge is -2.43. The zero-order valence-corrected chi connectivity index (χ0v) is 6.88. The molecule has 1 saturated carbocycles. The molecule has 64 valence electrons. The van der Waals surface area contributed by atoms with Gasteiger partial charge in [-0.3, -0.25) is 0 Å². The van der Waals surface area contributed by atoms with Gasteiger partial charge in [-0.15, -0.1) is 0 Å². The number of hydrogen-bond acceptors (Lipinski definition) is 2. The van der Waals surface area contributed by atoms with Gasteiger partial charge in [0.15, 0.2) is 0 Å². The van der Waals surface area contributed by atoms with Gasteiger partial charge in [0.25, 0.3) is 0 Å². The number of hydrogen-bond donors (Lipinski definition) is 1. The Balaban J connectivity index is 2.06. The van der Waals surface area contributed by atoms with Crippen LogP contribution in [0.2, 0.25) is 0 Å². The van der Waals surface area contributed by atoms with Crippen LogP contribution in [0.25, 0.3) is 0 Å². The van der Waals surface area contributed by atoms with Crippen molar-refractivity contribution in [3.05, 3.63) is 0 Å². The van der Waals surface area contributed by atoms with E-state index < -0.39 is 0 Å². The highest BCUT2D eigenvalue weighted by atomic mass is 16.5. The van der Waals surface area contributed by atoms with Crippen LogP contribution < -0.4 is 0 Å². The molecule has 0 spiro atoms. The Morgan fingerprint density at radius 3 is 3.00 bits per heavy atom. The summed E-state index contributed by atoms with van der Waals surface area (Å²) >= 11 is 0. The third kappa shape index (κ3) is 1.30. The van der Waals surface area contributed by atoms with E-state index >= 15 is 0 Å². The molecular weight excluding hydrogens is 140 g/mol. The van der Waals surface area contributed by atoms with E-state index in [1.54, 1.807) is 0 Å². The second-order valence-electron chi connectivity index (χ2n) is 3.87. The summed E-state index contributed by atoms with van der Waals surface area (Å²) in [5, 5.41) is 10.1. The highest BCUT2D eigenvalue weighted by molar-refractivity contribution is 4.91. The minimum atomic E-state index is -0.351. The van der Waals surface area contributed by atoms with E-state index in [0.29, 0.717) is 5.92 Å². The van der Waals surface area contributed by atoms with Gasteiger partial charge < -0.3 is 9.84 Å². The maximum Gasteiger partial charge on any atom is 0.0719 e. The SMILES string of the molecule is O[C@]12CCCCC1COCC2. The first kappa shape index (κ1) is 7.56. The van der Waals surface area contributed by atoms with Gasteiger partial charge in [-0.2, -0.15) is 0 Å². The molecule has 11 heavy (non-hydrogen) atoms. The fraction of sp³-hybridized carbons (Fsp3) is 1.00. The highest BCUT2D eigenvalue weighted by Crippen LogP contribution is 2.38. The zero-order chi connectivity index (χ0) is 7.73. The first-order chi connectivity index (χ1) is 5.31. The lowest BCUT2D eigenvalue weighted by molar-refractivity contribution is -0.131. The first-order valence-corrected chi connectivity index (χ1v) is 4.61. The number of fused-ring (bicyclic) bond motifs is 1. The monoisotopic (exact) mass is 156 g/mol. The van der Waals surface area contributed by atoms with E-state index in [0.717, 1.165) is 32.5 Å². The lowest BCUT2D eigenvalue weighted by Crippen LogP contribution is -2.47. The van der Waals surface area contributed by atoms with Crippen LogP contribution >= 0.6 is 0 Å². The fourth-order valence-electron chi connectivity index (χ4n) is 2.34. The number of aliphatic hydroxyl groups is 1. The maximum absolute atomic E-state index is 10.1. The summed E-state index contributed by atoms with van der Waals surface area (Å²) in [7, 11) is 0. The van der Waals surface area contributed by atoms with E-state index in [1.165, 1.54) is 12.8 Å². The van der Waals surface area contributed by atoms with E-state index in [-0.39, 0.29) is 5.60 Å². The molecule has 0 bridgehead atoms. The number of ether oxygens (including phenoxy) is 1. The molecule has 1 aliphatic heterocycles. The molecular formula is C9H16O2. The van der Waals surface area contributed by atoms with Crippen LogP contribution in [0.1, 0.15) is 32.1 Å². The molecule has 1 aliphatic carbocycles. The minimum Gasteiger partial charge on any atom is -0.389 e. The van der Waals surface area contributed by atoms with Crippen LogP contribution in [-0.4, -0.2) is 23.9 Å². The average Bonchev–Trinajstić information content (AvgIpc) is 2.03. The smallest absolute Gasteiger partial charge is 0.0719 e. The zero-order valence-electron chi connectivity index (χ0n) is 6.88. The molecule has 2 atom stereocenters. The number of rotatable bonds is 0. The Kier molecular flexibility index (Phi) is 1.90. The van der Waals surface area contributed by atoms with Gasteiger partial charge in [-0.25, -0.2) is 0 Å². The van der Waals surface area contributed by atoms with Gasteiger partial charge in [0.05, 0.1) is 12.2 Å². The van der Waals surface area contributed by atoms with Gasteiger partial charge in [-0.1, -0.05) is 12.8 Å². The predicted molar refractivity (Wildman–Crippen MR) is 42.3 cm³/mol. The normalized spacial score (nSPS) is 45.0.